The highest BCUT2D eigenvalue weighted by Crippen LogP contribution is 2.41. The zero-order chi connectivity index (χ0) is 16.7. The molecular weight excluding hydrogens is 304 g/mol. The molecule has 132 valence electrons. The molecule has 0 aromatic carbocycles. The average molecular weight is 332 g/mol. The number of carbonyl (C=O) groups is 1. The summed E-state index contributed by atoms with van der Waals surface area (Å²) in [5, 5.41) is 9.94. The Morgan fingerprint density at radius 2 is 2.17 bits per heavy atom. The summed E-state index contributed by atoms with van der Waals surface area (Å²) in [6.45, 7) is 6.04. The summed E-state index contributed by atoms with van der Waals surface area (Å²) in [6, 6.07) is 0.339. The summed E-state index contributed by atoms with van der Waals surface area (Å²) in [4.78, 5) is 21.5. The van der Waals surface area contributed by atoms with Crippen molar-refractivity contribution in [1.29, 1.82) is 0 Å². The number of aliphatic hydroxyl groups excluding tert-OH is 1. The molecule has 2 bridgehead atoms. The molecule has 3 fully saturated rings. The van der Waals surface area contributed by atoms with Crippen LogP contribution in [0.4, 0.5) is 0 Å². The molecule has 3 aliphatic rings. The number of aryl methyl sites for hydroxylation is 1. The molecule has 6 heteroatoms. The number of hydrogen-bond donors (Lipinski definition) is 1. The Bertz CT molecular complexity index is 588. The lowest BCUT2D eigenvalue weighted by Crippen LogP contribution is -2.65. The van der Waals surface area contributed by atoms with Gasteiger partial charge in [-0.1, -0.05) is 0 Å². The second kappa shape index (κ2) is 6.48. The molecule has 0 aliphatic carbocycles. The van der Waals surface area contributed by atoms with Crippen LogP contribution in [0.5, 0.6) is 0 Å². The summed E-state index contributed by atoms with van der Waals surface area (Å²) < 4.78 is 2.11. The third kappa shape index (κ3) is 2.75. The Morgan fingerprint density at radius 1 is 1.33 bits per heavy atom. The van der Waals surface area contributed by atoms with Crippen LogP contribution in [0.2, 0.25) is 0 Å². The molecule has 1 aromatic rings. The topological polar surface area (TPSA) is 61.6 Å². The Hall–Kier alpha value is -1.40. The van der Waals surface area contributed by atoms with E-state index < -0.39 is 0 Å². The molecule has 1 amide bonds. The maximum absolute atomic E-state index is 12.4. The van der Waals surface area contributed by atoms with Crippen molar-refractivity contribution in [2.75, 3.05) is 19.7 Å². The number of nitrogens with zero attached hydrogens (tertiary/aromatic N) is 4. The lowest BCUT2D eigenvalue weighted by atomic mass is 9.72. The van der Waals surface area contributed by atoms with E-state index in [9.17, 15) is 9.90 Å². The van der Waals surface area contributed by atoms with Gasteiger partial charge in [-0.25, -0.2) is 4.98 Å². The molecule has 3 aliphatic heterocycles. The van der Waals surface area contributed by atoms with Gasteiger partial charge >= 0.3 is 0 Å². The molecule has 0 unspecified atom stereocenters. The van der Waals surface area contributed by atoms with E-state index in [2.05, 4.69) is 32.5 Å². The fourth-order valence-electron chi connectivity index (χ4n) is 5.13. The van der Waals surface area contributed by atoms with Crippen LogP contribution in [-0.4, -0.2) is 62.1 Å². The van der Waals surface area contributed by atoms with Crippen molar-refractivity contribution in [3.05, 3.63) is 18.2 Å². The van der Waals surface area contributed by atoms with E-state index in [0.717, 1.165) is 51.1 Å². The van der Waals surface area contributed by atoms with E-state index in [-0.39, 0.29) is 18.6 Å². The largest absolute Gasteiger partial charge is 0.394 e. The molecule has 4 rings (SSSR count). The first-order valence-electron chi connectivity index (χ1n) is 9.34. The van der Waals surface area contributed by atoms with Crippen LogP contribution < -0.4 is 0 Å². The van der Waals surface area contributed by atoms with Crippen molar-refractivity contribution in [2.24, 2.45) is 11.8 Å². The third-order valence-electron chi connectivity index (χ3n) is 6.20. The highest BCUT2D eigenvalue weighted by Gasteiger charge is 2.49. The number of fused-ring (bicyclic) bond motifs is 4. The SMILES string of the molecule is CCn1cnc(CN2C[C@H]3C[C@@H](C2)[C@H](CO)N2C(=O)CCC[C@@H]32)c1. The Balaban J connectivity index is 1.51. The number of carbonyl (C=O) groups excluding carboxylic acids is 1. The van der Waals surface area contributed by atoms with Crippen LogP contribution in [0.1, 0.15) is 38.3 Å². The van der Waals surface area contributed by atoms with Gasteiger partial charge in [0.05, 0.1) is 24.7 Å². The molecule has 0 spiro atoms. The Morgan fingerprint density at radius 3 is 2.92 bits per heavy atom. The van der Waals surface area contributed by atoms with Gasteiger partial charge in [-0.05, 0) is 38.0 Å². The number of amides is 1. The minimum Gasteiger partial charge on any atom is -0.394 e. The first-order chi connectivity index (χ1) is 11.7. The third-order valence-corrected chi connectivity index (χ3v) is 6.20. The predicted molar refractivity (Wildman–Crippen MR) is 90.1 cm³/mol. The number of imidazole rings is 1. The lowest BCUT2D eigenvalue weighted by Gasteiger charge is -2.56. The quantitative estimate of drug-likeness (QED) is 0.897. The van der Waals surface area contributed by atoms with Crippen molar-refractivity contribution in [2.45, 2.75) is 57.8 Å². The molecular formula is C18H28N4O2. The van der Waals surface area contributed by atoms with E-state index in [1.807, 2.05) is 6.33 Å². The van der Waals surface area contributed by atoms with Gasteiger partial charge in [-0.15, -0.1) is 0 Å². The van der Waals surface area contributed by atoms with E-state index in [1.165, 1.54) is 0 Å². The van der Waals surface area contributed by atoms with Crippen LogP contribution in [-0.2, 0) is 17.9 Å². The number of rotatable bonds is 4. The molecule has 4 heterocycles. The molecule has 1 N–H and O–H groups in total. The number of hydrogen-bond acceptors (Lipinski definition) is 4. The smallest absolute Gasteiger partial charge is 0.223 e. The predicted octanol–water partition coefficient (Wildman–Crippen LogP) is 1.10. The number of likely N-dealkylation sites (tertiary alicyclic amines) is 1. The second-order valence-corrected chi connectivity index (χ2v) is 7.66. The van der Waals surface area contributed by atoms with Gasteiger partial charge < -0.3 is 14.6 Å². The number of aliphatic hydroxyl groups is 1. The standard InChI is InChI=1S/C18H28N4O2/c1-2-20-9-15(19-12-20)10-21-7-13-6-14(8-21)17(11-23)22-16(13)4-3-5-18(22)24/h9,12-14,16-17,23H,2-8,10-11H2,1H3/t13-,14+,16+,17+/m1/s1. The molecule has 6 nitrogen and oxygen atoms in total. The van der Waals surface area contributed by atoms with E-state index in [4.69, 9.17) is 0 Å². The number of piperidine rings is 3. The molecule has 4 atom stereocenters. The summed E-state index contributed by atoms with van der Waals surface area (Å²) in [6.07, 6.45) is 7.94. The minimum atomic E-state index is 0.00930. The molecule has 1 aromatic heterocycles. The summed E-state index contributed by atoms with van der Waals surface area (Å²) in [7, 11) is 0. The lowest BCUT2D eigenvalue weighted by molar-refractivity contribution is -0.155. The van der Waals surface area contributed by atoms with Crippen LogP contribution in [0.15, 0.2) is 12.5 Å². The molecule has 0 radical (unpaired) electrons. The summed E-state index contributed by atoms with van der Waals surface area (Å²) in [5.41, 5.74) is 1.12. The van der Waals surface area contributed by atoms with E-state index in [0.29, 0.717) is 24.3 Å². The van der Waals surface area contributed by atoms with Crippen molar-refractivity contribution in [3.63, 3.8) is 0 Å². The first-order valence-corrected chi connectivity index (χ1v) is 9.34. The van der Waals surface area contributed by atoms with Crippen LogP contribution in [0, 0.1) is 11.8 Å². The average Bonchev–Trinajstić information content (AvgIpc) is 3.03. The van der Waals surface area contributed by atoms with Gasteiger partial charge in [0.1, 0.15) is 0 Å². The molecule has 3 saturated heterocycles. The monoisotopic (exact) mass is 332 g/mol. The Kier molecular flexibility index (Phi) is 4.35. The van der Waals surface area contributed by atoms with Crippen LogP contribution in [0.25, 0.3) is 0 Å². The van der Waals surface area contributed by atoms with Gasteiger partial charge in [-0.3, -0.25) is 9.69 Å². The Labute approximate surface area is 143 Å². The van der Waals surface area contributed by atoms with Crippen LogP contribution in [0.3, 0.4) is 0 Å². The maximum Gasteiger partial charge on any atom is 0.223 e. The van der Waals surface area contributed by atoms with E-state index in [1.54, 1.807) is 0 Å². The maximum atomic E-state index is 12.4. The normalized spacial score (nSPS) is 33.6. The van der Waals surface area contributed by atoms with Crippen molar-refractivity contribution in [1.82, 2.24) is 19.4 Å². The summed E-state index contributed by atoms with van der Waals surface area (Å²) in [5.74, 6) is 1.19. The first kappa shape index (κ1) is 16.1. The van der Waals surface area contributed by atoms with Gasteiger partial charge in [-0.2, -0.15) is 0 Å². The van der Waals surface area contributed by atoms with Crippen molar-refractivity contribution < 1.29 is 9.90 Å². The van der Waals surface area contributed by atoms with Gasteiger partial charge in [0.2, 0.25) is 5.91 Å². The fraction of sp³-hybridized carbons (Fsp3) is 0.778. The van der Waals surface area contributed by atoms with Gasteiger partial charge in [0, 0.05) is 44.8 Å². The summed E-state index contributed by atoms with van der Waals surface area (Å²) >= 11 is 0. The number of aromatic nitrogens is 2. The van der Waals surface area contributed by atoms with Crippen molar-refractivity contribution in [3.8, 4) is 0 Å². The second-order valence-electron chi connectivity index (χ2n) is 7.66. The highest BCUT2D eigenvalue weighted by molar-refractivity contribution is 5.78. The van der Waals surface area contributed by atoms with Gasteiger partial charge in [0.25, 0.3) is 0 Å². The molecule has 0 saturated carbocycles. The highest BCUT2D eigenvalue weighted by atomic mass is 16.3. The van der Waals surface area contributed by atoms with Crippen molar-refractivity contribution >= 4 is 5.91 Å². The zero-order valence-electron chi connectivity index (χ0n) is 14.5. The van der Waals surface area contributed by atoms with Gasteiger partial charge in [0.15, 0.2) is 0 Å². The minimum absolute atomic E-state index is 0.00930. The molecule has 24 heavy (non-hydrogen) atoms. The van der Waals surface area contributed by atoms with Crippen LogP contribution >= 0.6 is 0 Å². The fourth-order valence-corrected chi connectivity index (χ4v) is 5.13. The van der Waals surface area contributed by atoms with E-state index >= 15 is 0 Å². The zero-order valence-corrected chi connectivity index (χ0v) is 14.5.